The molecule has 2 rings (SSSR count). The molecular formula is C15H17BrN4O. The van der Waals surface area contributed by atoms with Gasteiger partial charge in [-0.25, -0.2) is 4.68 Å². The largest absolute Gasteiger partial charge is 0.377 e. The van der Waals surface area contributed by atoms with Crippen molar-refractivity contribution in [3.05, 3.63) is 63.3 Å². The highest BCUT2D eigenvalue weighted by Gasteiger charge is 2.09. The van der Waals surface area contributed by atoms with Gasteiger partial charge >= 0.3 is 0 Å². The molecule has 110 valence electrons. The van der Waals surface area contributed by atoms with Crippen LogP contribution in [-0.4, -0.2) is 14.8 Å². The summed E-state index contributed by atoms with van der Waals surface area (Å²) in [5.41, 5.74) is 2.64. The topological polar surface area (TPSA) is 59.8 Å². The number of hydrogen-bond acceptors (Lipinski definition) is 4. The van der Waals surface area contributed by atoms with Crippen LogP contribution in [0.2, 0.25) is 0 Å². The number of allylic oxidation sites excluding steroid dienone is 1. The maximum Gasteiger partial charge on any atom is 0.283 e. The van der Waals surface area contributed by atoms with Crippen LogP contribution >= 0.6 is 15.9 Å². The van der Waals surface area contributed by atoms with Crippen molar-refractivity contribution < 1.29 is 0 Å². The van der Waals surface area contributed by atoms with Crippen LogP contribution in [0.15, 0.2) is 46.4 Å². The van der Waals surface area contributed by atoms with Crippen molar-refractivity contribution >= 4 is 21.6 Å². The zero-order chi connectivity index (χ0) is 15.2. The molecule has 0 atom stereocenters. The van der Waals surface area contributed by atoms with Gasteiger partial charge in [-0.15, -0.1) is 6.58 Å². The Labute approximate surface area is 131 Å². The predicted molar refractivity (Wildman–Crippen MR) is 87.3 cm³/mol. The fourth-order valence-corrected chi connectivity index (χ4v) is 2.42. The van der Waals surface area contributed by atoms with E-state index in [1.807, 2.05) is 6.07 Å². The Bertz CT molecular complexity index is 696. The van der Waals surface area contributed by atoms with Crippen molar-refractivity contribution in [3.63, 3.8) is 0 Å². The Balaban J connectivity index is 2.19. The third-order valence-electron chi connectivity index (χ3n) is 3.10. The zero-order valence-electron chi connectivity index (χ0n) is 11.8. The molecule has 0 saturated carbocycles. The lowest BCUT2D eigenvalue weighted by Gasteiger charge is -2.11. The lowest BCUT2D eigenvalue weighted by molar-refractivity contribution is 0.648. The summed E-state index contributed by atoms with van der Waals surface area (Å²) in [6.45, 7) is 6.63. The molecule has 0 bridgehead atoms. The second-order valence-electron chi connectivity index (χ2n) is 4.46. The average Bonchev–Trinajstić information content (AvgIpc) is 2.51. The second kappa shape index (κ2) is 7.17. The maximum atomic E-state index is 12.1. The molecular weight excluding hydrogens is 332 g/mol. The van der Waals surface area contributed by atoms with Crippen molar-refractivity contribution in [1.29, 1.82) is 0 Å². The quantitative estimate of drug-likeness (QED) is 0.815. The van der Waals surface area contributed by atoms with Gasteiger partial charge in [0.05, 0.1) is 30.7 Å². The molecule has 2 heterocycles. The molecule has 0 amide bonds. The van der Waals surface area contributed by atoms with E-state index in [9.17, 15) is 4.79 Å². The van der Waals surface area contributed by atoms with E-state index in [1.165, 1.54) is 10.2 Å². The van der Waals surface area contributed by atoms with E-state index in [0.717, 1.165) is 12.1 Å². The lowest BCUT2D eigenvalue weighted by atomic mass is 10.1. The van der Waals surface area contributed by atoms with Crippen LogP contribution in [0.5, 0.6) is 0 Å². The van der Waals surface area contributed by atoms with Gasteiger partial charge in [0.2, 0.25) is 0 Å². The van der Waals surface area contributed by atoms with Gasteiger partial charge in [0.15, 0.2) is 0 Å². The van der Waals surface area contributed by atoms with Gasteiger partial charge in [0.1, 0.15) is 4.47 Å². The van der Waals surface area contributed by atoms with E-state index in [2.05, 4.69) is 50.9 Å². The standard InChI is InChI=1S/C15H17BrN4O/c1-3-8-20-15(21)14(16)13(10-19-20)18-9-12-11(4-2)6-5-7-17-12/h3,5-7,10,18H,1,4,8-9H2,2H3. The molecule has 0 aliphatic heterocycles. The average molecular weight is 349 g/mol. The summed E-state index contributed by atoms with van der Waals surface area (Å²) in [6.07, 6.45) is 5.95. The van der Waals surface area contributed by atoms with Gasteiger partial charge < -0.3 is 5.32 Å². The maximum absolute atomic E-state index is 12.1. The molecule has 0 fully saturated rings. The van der Waals surface area contributed by atoms with Crippen LogP contribution < -0.4 is 10.9 Å². The Kier molecular flexibility index (Phi) is 5.27. The minimum Gasteiger partial charge on any atom is -0.377 e. The monoisotopic (exact) mass is 348 g/mol. The SMILES string of the molecule is C=CCn1ncc(NCc2ncccc2CC)c(Br)c1=O. The summed E-state index contributed by atoms with van der Waals surface area (Å²) in [5.74, 6) is 0. The fourth-order valence-electron chi connectivity index (χ4n) is 1.97. The molecule has 2 aromatic rings. The van der Waals surface area contributed by atoms with E-state index >= 15 is 0 Å². The Hall–Kier alpha value is -1.95. The number of aromatic nitrogens is 3. The molecule has 0 aliphatic carbocycles. The number of aryl methyl sites for hydroxylation is 1. The first-order valence-electron chi connectivity index (χ1n) is 6.70. The number of hydrogen-bond donors (Lipinski definition) is 1. The van der Waals surface area contributed by atoms with Crippen LogP contribution in [0.4, 0.5) is 5.69 Å². The van der Waals surface area contributed by atoms with Crippen molar-refractivity contribution in [1.82, 2.24) is 14.8 Å². The minimum atomic E-state index is -0.184. The van der Waals surface area contributed by atoms with Gasteiger partial charge in [0, 0.05) is 6.20 Å². The smallest absolute Gasteiger partial charge is 0.283 e. The van der Waals surface area contributed by atoms with Gasteiger partial charge in [-0.1, -0.05) is 19.1 Å². The number of anilines is 1. The molecule has 21 heavy (non-hydrogen) atoms. The molecule has 0 spiro atoms. The van der Waals surface area contributed by atoms with Gasteiger partial charge in [-0.05, 0) is 34.0 Å². The van der Waals surface area contributed by atoms with Crippen molar-refractivity contribution in [2.45, 2.75) is 26.4 Å². The lowest BCUT2D eigenvalue weighted by Crippen LogP contribution is -2.24. The molecule has 5 nitrogen and oxygen atoms in total. The second-order valence-corrected chi connectivity index (χ2v) is 5.26. The summed E-state index contributed by atoms with van der Waals surface area (Å²) >= 11 is 3.32. The van der Waals surface area contributed by atoms with E-state index in [4.69, 9.17) is 0 Å². The third kappa shape index (κ3) is 3.58. The first-order valence-corrected chi connectivity index (χ1v) is 7.49. The highest BCUT2D eigenvalue weighted by atomic mass is 79.9. The van der Waals surface area contributed by atoms with Crippen molar-refractivity contribution in [2.75, 3.05) is 5.32 Å². The van der Waals surface area contributed by atoms with Gasteiger partial charge in [-0.3, -0.25) is 9.78 Å². The van der Waals surface area contributed by atoms with Crippen LogP contribution in [0.25, 0.3) is 0 Å². The zero-order valence-corrected chi connectivity index (χ0v) is 13.4. The fraction of sp³-hybridized carbons (Fsp3) is 0.267. The van der Waals surface area contributed by atoms with Gasteiger partial charge in [-0.2, -0.15) is 5.10 Å². The summed E-state index contributed by atoms with van der Waals surface area (Å²) < 4.78 is 1.81. The highest BCUT2D eigenvalue weighted by Crippen LogP contribution is 2.17. The Morgan fingerprint density at radius 1 is 1.52 bits per heavy atom. The number of nitrogens with zero attached hydrogens (tertiary/aromatic N) is 3. The summed E-state index contributed by atoms with van der Waals surface area (Å²) in [7, 11) is 0. The number of halogens is 1. The van der Waals surface area contributed by atoms with Crippen LogP contribution in [-0.2, 0) is 19.5 Å². The Morgan fingerprint density at radius 3 is 3.05 bits per heavy atom. The van der Waals surface area contributed by atoms with E-state index in [0.29, 0.717) is 23.2 Å². The summed E-state index contributed by atoms with van der Waals surface area (Å²) in [6, 6.07) is 3.98. The molecule has 6 heteroatoms. The molecule has 1 N–H and O–H groups in total. The molecule has 2 aromatic heterocycles. The van der Waals surface area contributed by atoms with E-state index < -0.39 is 0 Å². The molecule has 0 aromatic carbocycles. The van der Waals surface area contributed by atoms with Crippen LogP contribution in [0.1, 0.15) is 18.2 Å². The normalized spacial score (nSPS) is 10.4. The number of nitrogens with one attached hydrogen (secondary N) is 1. The molecule has 0 saturated heterocycles. The number of pyridine rings is 1. The third-order valence-corrected chi connectivity index (χ3v) is 3.86. The number of rotatable bonds is 6. The van der Waals surface area contributed by atoms with Crippen molar-refractivity contribution in [3.8, 4) is 0 Å². The van der Waals surface area contributed by atoms with E-state index in [-0.39, 0.29) is 5.56 Å². The first-order chi connectivity index (χ1) is 10.2. The minimum absolute atomic E-state index is 0.184. The highest BCUT2D eigenvalue weighted by molar-refractivity contribution is 9.10. The Morgan fingerprint density at radius 2 is 2.33 bits per heavy atom. The molecule has 0 radical (unpaired) electrons. The van der Waals surface area contributed by atoms with E-state index in [1.54, 1.807) is 18.5 Å². The van der Waals surface area contributed by atoms with Gasteiger partial charge in [0.25, 0.3) is 5.56 Å². The van der Waals surface area contributed by atoms with Crippen molar-refractivity contribution in [2.24, 2.45) is 0 Å². The molecule has 0 aliphatic rings. The predicted octanol–water partition coefficient (Wildman–Crippen LogP) is 2.76. The molecule has 0 unspecified atom stereocenters. The first kappa shape index (κ1) is 15.4. The van der Waals surface area contributed by atoms with Crippen LogP contribution in [0.3, 0.4) is 0 Å². The van der Waals surface area contributed by atoms with Crippen LogP contribution in [0, 0.1) is 0 Å². The summed E-state index contributed by atoms with van der Waals surface area (Å²) in [5, 5.41) is 7.31. The summed E-state index contributed by atoms with van der Waals surface area (Å²) in [4.78, 5) is 16.4.